The highest BCUT2D eigenvalue weighted by atomic mass is 31.2. The van der Waals surface area contributed by atoms with Gasteiger partial charge in [0.1, 0.15) is 6.73 Å². The second-order valence-electron chi connectivity index (χ2n) is 7.60. The largest absolute Gasteiger partial charge is 0.472 e. The van der Waals surface area contributed by atoms with Crippen LogP contribution in [0.25, 0.3) is 0 Å². The van der Waals surface area contributed by atoms with Gasteiger partial charge in [0.15, 0.2) is 0 Å². The normalized spacial score (nSPS) is 15.4. The Morgan fingerprint density at radius 2 is 1.78 bits per heavy atom. The second kappa shape index (κ2) is 12.2. The van der Waals surface area contributed by atoms with Gasteiger partial charge in [0, 0.05) is 25.4 Å². The van der Waals surface area contributed by atoms with E-state index in [-0.39, 0.29) is 26.0 Å². The fourth-order valence-electron chi connectivity index (χ4n) is 3.02. The topological polar surface area (TPSA) is 118 Å². The van der Waals surface area contributed by atoms with Gasteiger partial charge in [0.25, 0.3) is 5.56 Å². The molecule has 1 aromatic carbocycles. The van der Waals surface area contributed by atoms with Crippen molar-refractivity contribution in [2.75, 3.05) is 13.7 Å². The highest BCUT2D eigenvalue weighted by Gasteiger charge is 2.26. The maximum atomic E-state index is 12.9. The van der Waals surface area contributed by atoms with Crippen molar-refractivity contribution in [1.29, 1.82) is 0 Å². The number of aromatic nitrogens is 2. The molecular weight excluding hydrogens is 439 g/mol. The molecule has 0 radical (unpaired) electrons. The minimum atomic E-state index is -4.20. The zero-order valence-corrected chi connectivity index (χ0v) is 19.6. The molecule has 10 nitrogen and oxygen atoms in total. The van der Waals surface area contributed by atoms with Gasteiger partial charge in [-0.05, 0) is 32.8 Å². The summed E-state index contributed by atoms with van der Waals surface area (Å²) in [6.07, 6.45) is 0.647. The van der Waals surface area contributed by atoms with Gasteiger partial charge in [-0.1, -0.05) is 30.3 Å². The Labute approximate surface area is 186 Å². The number of benzene rings is 1. The summed E-state index contributed by atoms with van der Waals surface area (Å²) in [7, 11) is -2.77. The first-order chi connectivity index (χ1) is 15.1. The van der Waals surface area contributed by atoms with E-state index < -0.39 is 31.3 Å². The van der Waals surface area contributed by atoms with E-state index in [9.17, 15) is 19.0 Å². The number of hydrogen-bond acceptors (Lipinski definition) is 7. The summed E-state index contributed by atoms with van der Waals surface area (Å²) >= 11 is 0. The number of phosphoric acid groups is 1. The fraction of sp³-hybridized carbons (Fsp3) is 0.524. The minimum absolute atomic E-state index is 0.183. The van der Waals surface area contributed by atoms with E-state index in [1.165, 1.54) is 23.9 Å². The molecule has 0 aliphatic heterocycles. The van der Waals surface area contributed by atoms with Crippen molar-refractivity contribution in [2.24, 2.45) is 0 Å². The number of hydrogen-bond donors (Lipinski definition) is 1. The van der Waals surface area contributed by atoms with Crippen LogP contribution in [0, 0.1) is 0 Å². The molecule has 0 aliphatic carbocycles. The first-order valence-electron chi connectivity index (χ1n) is 10.2. The van der Waals surface area contributed by atoms with Crippen LogP contribution in [0.3, 0.4) is 0 Å². The number of phosphoric ester groups is 1. The third-order valence-corrected chi connectivity index (χ3v) is 5.77. The van der Waals surface area contributed by atoms with Crippen LogP contribution in [-0.4, -0.2) is 40.0 Å². The molecule has 0 saturated heterocycles. The average molecular weight is 470 g/mol. The molecule has 1 N–H and O–H groups in total. The van der Waals surface area contributed by atoms with Crippen LogP contribution in [0.2, 0.25) is 0 Å². The molecule has 0 aliphatic rings. The van der Waals surface area contributed by atoms with E-state index >= 15 is 0 Å². The lowest BCUT2D eigenvalue weighted by Gasteiger charge is -2.23. The number of methoxy groups -OCH3 is 1. The summed E-state index contributed by atoms with van der Waals surface area (Å²) in [6.45, 7) is 4.89. The molecule has 0 bridgehead atoms. The van der Waals surface area contributed by atoms with Crippen LogP contribution >= 0.6 is 7.82 Å². The molecule has 0 amide bonds. The number of rotatable bonds is 13. The molecule has 11 heteroatoms. The SMILES string of the molecule is COC(COP(=O)(O)OC(C)C)CC(C)n1ccc(=O)n(COCc2ccccc2)c1=O. The minimum Gasteiger partial charge on any atom is -0.379 e. The Morgan fingerprint density at radius 3 is 2.41 bits per heavy atom. The number of ether oxygens (including phenoxy) is 2. The highest BCUT2D eigenvalue weighted by molar-refractivity contribution is 7.47. The monoisotopic (exact) mass is 470 g/mol. The van der Waals surface area contributed by atoms with Crippen molar-refractivity contribution >= 4 is 7.82 Å². The summed E-state index contributed by atoms with van der Waals surface area (Å²) < 4.78 is 35.0. The van der Waals surface area contributed by atoms with Gasteiger partial charge in [0.05, 0.1) is 25.4 Å². The summed E-state index contributed by atoms with van der Waals surface area (Å²) in [5.41, 5.74) is -0.0641. The molecule has 1 aromatic heterocycles. The van der Waals surface area contributed by atoms with Gasteiger partial charge >= 0.3 is 13.5 Å². The zero-order chi connectivity index (χ0) is 23.7. The van der Waals surface area contributed by atoms with Crippen LogP contribution in [0.4, 0.5) is 0 Å². The average Bonchev–Trinajstić information content (AvgIpc) is 2.73. The third kappa shape index (κ3) is 8.12. The van der Waals surface area contributed by atoms with Crippen LogP contribution in [0.5, 0.6) is 0 Å². The maximum Gasteiger partial charge on any atom is 0.472 e. The van der Waals surface area contributed by atoms with Crippen LogP contribution in [0.1, 0.15) is 38.8 Å². The van der Waals surface area contributed by atoms with Crippen LogP contribution in [-0.2, 0) is 36.4 Å². The Kier molecular flexibility index (Phi) is 10.0. The second-order valence-corrected chi connectivity index (χ2v) is 9.00. The standard InChI is InChI=1S/C21H31N2O8P/c1-16(2)31-32(26,27)30-14-19(28-4)12-17(3)22-11-10-20(24)23(21(22)25)15-29-13-18-8-6-5-7-9-18/h5-11,16-17,19H,12-15H2,1-4H3,(H,26,27). The molecule has 32 heavy (non-hydrogen) atoms. The van der Waals surface area contributed by atoms with Crippen molar-refractivity contribution in [1.82, 2.24) is 9.13 Å². The predicted octanol–water partition coefficient (Wildman–Crippen LogP) is 2.69. The first kappa shape index (κ1) is 26.2. The van der Waals surface area contributed by atoms with Crippen molar-refractivity contribution in [2.45, 2.75) is 58.8 Å². The lowest BCUT2D eigenvalue weighted by atomic mass is 10.1. The Balaban J connectivity index is 2.03. The van der Waals surface area contributed by atoms with Crippen molar-refractivity contribution in [3.63, 3.8) is 0 Å². The molecule has 178 valence electrons. The molecule has 3 unspecified atom stereocenters. The molecule has 1 heterocycles. The van der Waals surface area contributed by atoms with Gasteiger partial charge in [-0.15, -0.1) is 0 Å². The van der Waals surface area contributed by atoms with Gasteiger partial charge in [-0.3, -0.25) is 18.4 Å². The van der Waals surface area contributed by atoms with Crippen LogP contribution < -0.4 is 11.2 Å². The lowest BCUT2D eigenvalue weighted by Crippen LogP contribution is -2.41. The fourth-order valence-corrected chi connectivity index (χ4v) is 3.96. The van der Waals surface area contributed by atoms with Crippen molar-refractivity contribution < 1.29 is 28.0 Å². The van der Waals surface area contributed by atoms with Crippen molar-refractivity contribution in [3.8, 4) is 0 Å². The Morgan fingerprint density at radius 1 is 1.09 bits per heavy atom. The maximum absolute atomic E-state index is 12.9. The molecule has 0 spiro atoms. The molecular formula is C21H31N2O8P. The molecule has 2 rings (SSSR count). The number of nitrogens with zero attached hydrogens (tertiary/aromatic N) is 2. The van der Waals surface area contributed by atoms with E-state index in [1.54, 1.807) is 20.8 Å². The van der Waals surface area contributed by atoms with Gasteiger partial charge in [0.2, 0.25) is 0 Å². The predicted molar refractivity (Wildman–Crippen MR) is 118 cm³/mol. The molecule has 0 fully saturated rings. The van der Waals surface area contributed by atoms with Gasteiger partial charge < -0.3 is 14.4 Å². The zero-order valence-electron chi connectivity index (χ0n) is 18.7. The summed E-state index contributed by atoms with van der Waals surface area (Å²) in [5, 5.41) is 0. The Hall–Kier alpha value is -2.07. The van der Waals surface area contributed by atoms with E-state index in [0.29, 0.717) is 6.42 Å². The van der Waals surface area contributed by atoms with E-state index in [4.69, 9.17) is 18.5 Å². The van der Waals surface area contributed by atoms with Gasteiger partial charge in [-0.2, -0.15) is 0 Å². The third-order valence-electron chi connectivity index (χ3n) is 4.61. The summed E-state index contributed by atoms with van der Waals surface area (Å²) in [6, 6.07) is 10.3. The quantitative estimate of drug-likeness (QED) is 0.444. The van der Waals surface area contributed by atoms with Gasteiger partial charge in [-0.25, -0.2) is 13.9 Å². The highest BCUT2D eigenvalue weighted by Crippen LogP contribution is 2.44. The smallest absolute Gasteiger partial charge is 0.379 e. The lowest BCUT2D eigenvalue weighted by molar-refractivity contribution is 0.0223. The summed E-state index contributed by atoms with van der Waals surface area (Å²) in [5.74, 6) is 0. The van der Waals surface area contributed by atoms with E-state index in [0.717, 1.165) is 10.1 Å². The Bertz CT molecular complexity index is 1000. The molecule has 0 saturated carbocycles. The van der Waals surface area contributed by atoms with Crippen LogP contribution in [0.15, 0.2) is 52.2 Å². The molecule has 2 aromatic rings. The first-order valence-corrected chi connectivity index (χ1v) is 11.7. The van der Waals surface area contributed by atoms with Crippen molar-refractivity contribution in [3.05, 3.63) is 69.0 Å². The van der Waals surface area contributed by atoms with E-state index in [2.05, 4.69) is 0 Å². The summed E-state index contributed by atoms with van der Waals surface area (Å²) in [4.78, 5) is 34.7. The molecule has 3 atom stereocenters. The van der Waals surface area contributed by atoms with E-state index in [1.807, 2.05) is 30.3 Å².